The second-order valence-corrected chi connectivity index (χ2v) is 4.48. The Hall–Kier alpha value is -0.720. The number of hydrogen-bond acceptors (Lipinski definition) is 1. The van der Waals surface area contributed by atoms with E-state index in [4.69, 9.17) is 0 Å². The molecule has 0 aliphatic heterocycles. The first-order valence-electron chi connectivity index (χ1n) is 5.13. The summed E-state index contributed by atoms with van der Waals surface area (Å²) in [5.41, 5.74) is 1.12. The molecule has 0 amide bonds. The summed E-state index contributed by atoms with van der Waals surface area (Å²) in [6.45, 7) is 8.58. The van der Waals surface area contributed by atoms with Crippen molar-refractivity contribution >= 4 is 0 Å². The summed E-state index contributed by atoms with van der Waals surface area (Å²) in [6.07, 6.45) is 5.23. The first kappa shape index (κ1) is 10.4. The zero-order chi connectivity index (χ0) is 10.0. The van der Waals surface area contributed by atoms with Gasteiger partial charge >= 0.3 is 0 Å². The minimum absolute atomic E-state index is 0.336. The molecule has 1 N–H and O–H groups in total. The lowest BCUT2D eigenvalue weighted by Crippen LogP contribution is -2.16. The van der Waals surface area contributed by atoms with Crippen LogP contribution in [0.5, 0.6) is 0 Å². The fourth-order valence-electron chi connectivity index (χ4n) is 1.83. The molecule has 0 bridgehead atoms. The second kappa shape index (κ2) is 3.99. The number of rotatable bonds is 2. The van der Waals surface area contributed by atoms with Crippen LogP contribution < -0.4 is 0 Å². The molecule has 0 spiro atoms. The number of hydrogen-bond donors (Lipinski definition) is 1. The highest BCUT2D eigenvalue weighted by atomic mass is 16.3. The molecule has 1 unspecified atom stereocenters. The fraction of sp³-hybridized carbons (Fsp3) is 0.667. The zero-order valence-electron chi connectivity index (χ0n) is 9.04. The molecule has 1 aliphatic rings. The molecule has 0 radical (unpaired) electrons. The van der Waals surface area contributed by atoms with Gasteiger partial charge in [-0.1, -0.05) is 39.8 Å². The van der Waals surface area contributed by atoms with Gasteiger partial charge in [0.2, 0.25) is 0 Å². The Balaban J connectivity index is 2.91. The molecular formula is C12H20O. The van der Waals surface area contributed by atoms with Crippen LogP contribution in [0, 0.1) is 17.8 Å². The van der Waals surface area contributed by atoms with Gasteiger partial charge < -0.3 is 5.11 Å². The van der Waals surface area contributed by atoms with Gasteiger partial charge in [-0.2, -0.15) is 0 Å². The van der Waals surface area contributed by atoms with Crippen molar-refractivity contribution in [1.29, 1.82) is 0 Å². The molecule has 0 fully saturated rings. The van der Waals surface area contributed by atoms with E-state index in [0.29, 0.717) is 23.5 Å². The molecule has 0 aromatic heterocycles. The Morgan fingerprint density at radius 3 is 2.38 bits per heavy atom. The van der Waals surface area contributed by atoms with Crippen molar-refractivity contribution in [3.8, 4) is 0 Å². The highest BCUT2D eigenvalue weighted by molar-refractivity contribution is 5.29. The van der Waals surface area contributed by atoms with E-state index in [1.54, 1.807) is 0 Å². The van der Waals surface area contributed by atoms with Crippen LogP contribution in [0.15, 0.2) is 23.5 Å². The van der Waals surface area contributed by atoms with Crippen molar-refractivity contribution in [3.63, 3.8) is 0 Å². The number of allylic oxidation sites excluding steroid dienone is 4. The lowest BCUT2D eigenvalue weighted by molar-refractivity contribution is 0.271. The van der Waals surface area contributed by atoms with Gasteiger partial charge in [0, 0.05) is 5.92 Å². The summed E-state index contributed by atoms with van der Waals surface area (Å²) in [5.74, 6) is 1.91. The third-order valence-electron chi connectivity index (χ3n) is 2.76. The topological polar surface area (TPSA) is 20.2 Å². The predicted octanol–water partition coefficient (Wildman–Crippen LogP) is 3.69. The quantitative estimate of drug-likeness (QED) is 0.687. The SMILES string of the molecule is CC(C)C1=C(O)C(C(C)C)CC=C1. The third-order valence-corrected chi connectivity index (χ3v) is 2.76. The third kappa shape index (κ3) is 2.15. The summed E-state index contributed by atoms with van der Waals surface area (Å²) >= 11 is 0. The molecule has 1 rings (SSSR count). The van der Waals surface area contributed by atoms with E-state index >= 15 is 0 Å². The largest absolute Gasteiger partial charge is 0.512 e. The van der Waals surface area contributed by atoms with E-state index in [1.807, 2.05) is 0 Å². The predicted molar refractivity (Wildman–Crippen MR) is 56.6 cm³/mol. The highest BCUT2D eigenvalue weighted by Crippen LogP contribution is 2.32. The number of aliphatic hydroxyl groups is 1. The average molecular weight is 180 g/mol. The maximum absolute atomic E-state index is 10.00. The summed E-state index contributed by atoms with van der Waals surface area (Å²) in [7, 11) is 0. The molecule has 1 aliphatic carbocycles. The van der Waals surface area contributed by atoms with Crippen LogP contribution in [0.2, 0.25) is 0 Å². The van der Waals surface area contributed by atoms with Crippen LogP contribution >= 0.6 is 0 Å². The van der Waals surface area contributed by atoms with E-state index in [1.165, 1.54) is 0 Å². The maximum Gasteiger partial charge on any atom is 0.0993 e. The Labute approximate surface area is 81.2 Å². The van der Waals surface area contributed by atoms with Crippen LogP contribution in [0.25, 0.3) is 0 Å². The Bertz CT molecular complexity index is 234. The van der Waals surface area contributed by atoms with Crippen molar-refractivity contribution in [2.24, 2.45) is 17.8 Å². The molecule has 0 aromatic rings. The molecule has 1 heteroatoms. The molecule has 0 saturated heterocycles. The average Bonchev–Trinajstić information content (AvgIpc) is 2.03. The van der Waals surface area contributed by atoms with E-state index < -0.39 is 0 Å². The van der Waals surface area contributed by atoms with E-state index in [9.17, 15) is 5.11 Å². The molecule has 1 nitrogen and oxygen atoms in total. The highest BCUT2D eigenvalue weighted by Gasteiger charge is 2.23. The second-order valence-electron chi connectivity index (χ2n) is 4.48. The Morgan fingerprint density at radius 1 is 1.31 bits per heavy atom. The van der Waals surface area contributed by atoms with Crippen LogP contribution in [0.4, 0.5) is 0 Å². The lowest BCUT2D eigenvalue weighted by Gasteiger charge is -2.25. The van der Waals surface area contributed by atoms with Gasteiger partial charge in [-0.25, -0.2) is 0 Å². The minimum Gasteiger partial charge on any atom is -0.512 e. The van der Waals surface area contributed by atoms with E-state index in [0.717, 1.165) is 12.0 Å². The normalized spacial score (nSPS) is 23.4. The Morgan fingerprint density at radius 2 is 1.92 bits per heavy atom. The van der Waals surface area contributed by atoms with Crippen molar-refractivity contribution in [2.45, 2.75) is 34.1 Å². The summed E-state index contributed by atoms with van der Waals surface area (Å²) in [5, 5.41) is 10.00. The van der Waals surface area contributed by atoms with Crippen molar-refractivity contribution in [1.82, 2.24) is 0 Å². The fourth-order valence-corrected chi connectivity index (χ4v) is 1.83. The molecule has 13 heavy (non-hydrogen) atoms. The molecular weight excluding hydrogens is 160 g/mol. The van der Waals surface area contributed by atoms with Gasteiger partial charge in [0.05, 0.1) is 5.76 Å². The molecule has 0 saturated carbocycles. The summed E-state index contributed by atoms with van der Waals surface area (Å²) < 4.78 is 0. The smallest absolute Gasteiger partial charge is 0.0993 e. The molecule has 0 heterocycles. The van der Waals surface area contributed by atoms with Gasteiger partial charge in [-0.05, 0) is 23.8 Å². The first-order chi connectivity index (χ1) is 6.04. The van der Waals surface area contributed by atoms with Gasteiger partial charge in [0.15, 0.2) is 0 Å². The van der Waals surface area contributed by atoms with Crippen molar-refractivity contribution in [3.05, 3.63) is 23.5 Å². The minimum atomic E-state index is 0.336. The zero-order valence-corrected chi connectivity index (χ0v) is 9.04. The number of aliphatic hydroxyl groups excluding tert-OH is 1. The monoisotopic (exact) mass is 180 g/mol. The summed E-state index contributed by atoms with van der Waals surface area (Å²) in [4.78, 5) is 0. The summed E-state index contributed by atoms with van der Waals surface area (Å²) in [6, 6.07) is 0. The van der Waals surface area contributed by atoms with E-state index in [2.05, 4.69) is 39.8 Å². The van der Waals surface area contributed by atoms with Crippen LogP contribution in [0.3, 0.4) is 0 Å². The van der Waals surface area contributed by atoms with Crippen molar-refractivity contribution in [2.75, 3.05) is 0 Å². The van der Waals surface area contributed by atoms with Gasteiger partial charge in [-0.15, -0.1) is 0 Å². The van der Waals surface area contributed by atoms with Crippen LogP contribution in [-0.2, 0) is 0 Å². The first-order valence-corrected chi connectivity index (χ1v) is 5.13. The van der Waals surface area contributed by atoms with Crippen LogP contribution in [0.1, 0.15) is 34.1 Å². The van der Waals surface area contributed by atoms with E-state index in [-0.39, 0.29) is 0 Å². The van der Waals surface area contributed by atoms with Crippen LogP contribution in [-0.4, -0.2) is 5.11 Å². The van der Waals surface area contributed by atoms with Gasteiger partial charge in [0.1, 0.15) is 0 Å². The Kier molecular flexibility index (Phi) is 3.18. The molecule has 0 aromatic carbocycles. The van der Waals surface area contributed by atoms with Crippen molar-refractivity contribution < 1.29 is 5.11 Å². The van der Waals surface area contributed by atoms with Gasteiger partial charge in [0.25, 0.3) is 0 Å². The molecule has 74 valence electrons. The lowest BCUT2D eigenvalue weighted by atomic mass is 9.82. The van der Waals surface area contributed by atoms with Gasteiger partial charge in [-0.3, -0.25) is 0 Å². The standard InChI is InChI=1S/C12H20O/c1-8(2)10-6-5-7-11(9(3)4)12(10)13/h5-6,8-9,11,13H,7H2,1-4H3. The molecule has 1 atom stereocenters. The maximum atomic E-state index is 10.00.